The Hall–Kier alpha value is -0.720. The molecule has 1 heterocycles. The Bertz CT molecular complexity index is 432. The monoisotopic (exact) mass is 339 g/mol. The molecule has 3 aliphatic rings. The molecule has 0 bridgehead atoms. The van der Waals surface area contributed by atoms with Gasteiger partial charge >= 0.3 is 6.03 Å². The second-order valence-corrected chi connectivity index (χ2v) is 8.25. The first-order valence-corrected chi connectivity index (χ1v) is 10.0. The van der Waals surface area contributed by atoms with E-state index >= 15 is 0 Å². The van der Waals surface area contributed by atoms with Crippen LogP contribution in [0.5, 0.6) is 0 Å². The molecule has 3 N–H and O–H groups in total. The van der Waals surface area contributed by atoms with Crippen molar-refractivity contribution in [2.45, 2.75) is 43.7 Å². The average molecular weight is 340 g/mol. The first kappa shape index (κ1) is 17.1. The Kier molecular flexibility index (Phi) is 5.88. The molecule has 0 spiro atoms. The summed E-state index contributed by atoms with van der Waals surface area (Å²) >= 11 is 2.03. The maximum Gasteiger partial charge on any atom is 0.315 e. The molecule has 1 aliphatic heterocycles. The smallest absolute Gasteiger partial charge is 0.315 e. The van der Waals surface area contributed by atoms with Gasteiger partial charge in [-0.05, 0) is 19.3 Å². The van der Waals surface area contributed by atoms with Gasteiger partial charge in [-0.3, -0.25) is 4.90 Å². The molecule has 130 valence electrons. The molecule has 6 heteroatoms. The van der Waals surface area contributed by atoms with Gasteiger partial charge in [-0.2, -0.15) is 11.8 Å². The lowest BCUT2D eigenvalue weighted by Crippen LogP contribution is -2.57. The summed E-state index contributed by atoms with van der Waals surface area (Å²) in [4.78, 5) is 14.9. The van der Waals surface area contributed by atoms with Crippen molar-refractivity contribution in [3.8, 4) is 0 Å². The lowest BCUT2D eigenvalue weighted by atomic mass is 9.94. The van der Waals surface area contributed by atoms with E-state index in [0.29, 0.717) is 0 Å². The van der Waals surface area contributed by atoms with Crippen LogP contribution in [0, 0.1) is 5.92 Å². The zero-order chi connectivity index (χ0) is 16.1. The van der Waals surface area contributed by atoms with Gasteiger partial charge in [0.1, 0.15) is 0 Å². The number of aliphatic hydroxyl groups excluding tert-OH is 1. The maximum absolute atomic E-state index is 12.2. The van der Waals surface area contributed by atoms with E-state index in [2.05, 4.69) is 15.5 Å². The second kappa shape index (κ2) is 7.90. The highest BCUT2D eigenvalue weighted by atomic mass is 32.2. The number of hydrogen-bond donors (Lipinski definition) is 3. The van der Waals surface area contributed by atoms with Crippen LogP contribution in [-0.2, 0) is 0 Å². The van der Waals surface area contributed by atoms with Crippen LogP contribution in [-0.4, -0.2) is 65.4 Å². The maximum atomic E-state index is 12.2. The standard InChI is InChI=1S/C17H29N3O2S/c21-12-14-3-4-15(11-14)19-16(22)18-13-17(5-1-2-6-17)20-7-9-23-10-8-20/h3-4,14-15,21H,1-2,5-13H2,(H2,18,19,22)/t14-,15+/m0/s1. The molecule has 1 saturated heterocycles. The van der Waals surface area contributed by atoms with E-state index in [1.54, 1.807) is 0 Å². The fourth-order valence-corrected chi connectivity index (χ4v) is 5.06. The fraction of sp³-hybridized carbons (Fsp3) is 0.824. The van der Waals surface area contributed by atoms with Gasteiger partial charge in [0.15, 0.2) is 0 Å². The number of rotatable bonds is 5. The molecule has 2 fully saturated rings. The quantitative estimate of drug-likeness (QED) is 0.666. The van der Waals surface area contributed by atoms with Crippen LogP contribution in [0.4, 0.5) is 4.79 Å². The number of urea groups is 1. The van der Waals surface area contributed by atoms with Crippen molar-refractivity contribution in [1.82, 2.24) is 15.5 Å². The molecule has 0 aromatic carbocycles. The van der Waals surface area contributed by atoms with Crippen LogP contribution in [0.3, 0.4) is 0 Å². The molecule has 0 aromatic rings. The van der Waals surface area contributed by atoms with E-state index in [1.165, 1.54) is 37.2 Å². The number of carbonyl (C=O) groups is 1. The third-order valence-electron chi connectivity index (χ3n) is 5.52. The highest BCUT2D eigenvalue weighted by Crippen LogP contribution is 2.36. The van der Waals surface area contributed by atoms with Crippen LogP contribution < -0.4 is 10.6 Å². The highest BCUT2D eigenvalue weighted by Gasteiger charge is 2.40. The summed E-state index contributed by atoms with van der Waals surface area (Å²) in [5.74, 6) is 2.61. The minimum Gasteiger partial charge on any atom is -0.396 e. The summed E-state index contributed by atoms with van der Waals surface area (Å²) in [5, 5.41) is 15.3. The lowest BCUT2D eigenvalue weighted by molar-refractivity contribution is 0.104. The van der Waals surface area contributed by atoms with Gasteiger partial charge in [0.25, 0.3) is 0 Å². The molecular weight excluding hydrogens is 310 g/mol. The molecule has 0 unspecified atom stereocenters. The predicted molar refractivity (Wildman–Crippen MR) is 94.8 cm³/mol. The summed E-state index contributed by atoms with van der Waals surface area (Å²) in [6.45, 7) is 3.21. The van der Waals surface area contributed by atoms with Crippen LogP contribution in [0.1, 0.15) is 32.1 Å². The van der Waals surface area contributed by atoms with E-state index < -0.39 is 0 Å². The third-order valence-corrected chi connectivity index (χ3v) is 6.46. The summed E-state index contributed by atoms with van der Waals surface area (Å²) < 4.78 is 0. The number of carbonyl (C=O) groups excluding carboxylic acids is 1. The first-order chi connectivity index (χ1) is 11.2. The van der Waals surface area contributed by atoms with Crippen molar-refractivity contribution < 1.29 is 9.90 Å². The van der Waals surface area contributed by atoms with E-state index in [9.17, 15) is 4.79 Å². The number of nitrogens with one attached hydrogen (secondary N) is 2. The first-order valence-electron chi connectivity index (χ1n) is 8.88. The Morgan fingerprint density at radius 1 is 1.26 bits per heavy atom. The van der Waals surface area contributed by atoms with Crippen LogP contribution in [0.15, 0.2) is 12.2 Å². The molecule has 0 radical (unpaired) electrons. The van der Waals surface area contributed by atoms with Gasteiger partial charge in [-0.25, -0.2) is 4.79 Å². The van der Waals surface area contributed by atoms with E-state index in [0.717, 1.165) is 26.1 Å². The van der Waals surface area contributed by atoms with Gasteiger partial charge in [0.05, 0.1) is 0 Å². The van der Waals surface area contributed by atoms with Gasteiger partial charge in [-0.1, -0.05) is 25.0 Å². The fourth-order valence-electron chi connectivity index (χ4n) is 4.16. The number of hydrogen-bond acceptors (Lipinski definition) is 4. The van der Waals surface area contributed by atoms with Crippen molar-refractivity contribution >= 4 is 17.8 Å². The van der Waals surface area contributed by atoms with Crippen molar-refractivity contribution in [1.29, 1.82) is 0 Å². The van der Waals surface area contributed by atoms with E-state index in [-0.39, 0.29) is 30.1 Å². The SMILES string of the molecule is O=C(NCC1(N2CCSCC2)CCCC1)N[C@@H]1C=C[C@H](CO)C1. The number of nitrogens with zero attached hydrogens (tertiary/aromatic N) is 1. The Balaban J connectivity index is 1.49. The Labute approximate surface area is 143 Å². The average Bonchev–Trinajstić information content (AvgIpc) is 3.24. The summed E-state index contributed by atoms with van der Waals surface area (Å²) in [6.07, 6.45) is 9.75. The van der Waals surface area contributed by atoms with Crippen molar-refractivity contribution in [2.24, 2.45) is 5.92 Å². The van der Waals surface area contributed by atoms with Crippen molar-refractivity contribution in [3.63, 3.8) is 0 Å². The molecule has 2 aliphatic carbocycles. The summed E-state index contributed by atoms with van der Waals surface area (Å²) in [6, 6.07) is -0.0195. The zero-order valence-electron chi connectivity index (χ0n) is 13.8. The van der Waals surface area contributed by atoms with E-state index in [1.807, 2.05) is 23.9 Å². The summed E-state index contributed by atoms with van der Waals surface area (Å²) in [5.41, 5.74) is 0.178. The Morgan fingerprint density at radius 3 is 2.65 bits per heavy atom. The molecule has 3 rings (SSSR count). The molecular formula is C17H29N3O2S. The number of amides is 2. The molecule has 2 atom stereocenters. The number of thioether (sulfide) groups is 1. The summed E-state index contributed by atoms with van der Waals surface area (Å²) in [7, 11) is 0. The van der Waals surface area contributed by atoms with Crippen LogP contribution in [0.2, 0.25) is 0 Å². The number of aliphatic hydroxyl groups is 1. The Morgan fingerprint density at radius 2 is 2.00 bits per heavy atom. The van der Waals surface area contributed by atoms with Crippen molar-refractivity contribution in [2.75, 3.05) is 37.7 Å². The predicted octanol–water partition coefficient (Wildman–Crippen LogP) is 1.58. The third kappa shape index (κ3) is 4.22. The molecule has 5 nitrogen and oxygen atoms in total. The zero-order valence-corrected chi connectivity index (χ0v) is 14.6. The minimum absolute atomic E-state index is 0.0538. The molecule has 1 saturated carbocycles. The van der Waals surface area contributed by atoms with Gasteiger partial charge in [0, 0.05) is 55.2 Å². The van der Waals surface area contributed by atoms with Crippen LogP contribution >= 0.6 is 11.8 Å². The van der Waals surface area contributed by atoms with Gasteiger partial charge in [0.2, 0.25) is 0 Å². The molecule has 2 amide bonds. The lowest BCUT2D eigenvalue weighted by Gasteiger charge is -2.43. The van der Waals surface area contributed by atoms with Crippen LogP contribution in [0.25, 0.3) is 0 Å². The highest BCUT2D eigenvalue weighted by molar-refractivity contribution is 7.99. The van der Waals surface area contributed by atoms with Crippen molar-refractivity contribution in [3.05, 3.63) is 12.2 Å². The molecule has 0 aromatic heterocycles. The van der Waals surface area contributed by atoms with Gasteiger partial charge in [-0.15, -0.1) is 0 Å². The second-order valence-electron chi connectivity index (χ2n) is 7.03. The molecule has 23 heavy (non-hydrogen) atoms. The largest absolute Gasteiger partial charge is 0.396 e. The van der Waals surface area contributed by atoms with Gasteiger partial charge < -0.3 is 15.7 Å². The topological polar surface area (TPSA) is 64.6 Å². The normalized spacial score (nSPS) is 30.5. The minimum atomic E-state index is -0.0732. The van der Waals surface area contributed by atoms with E-state index in [4.69, 9.17) is 5.11 Å².